The fraction of sp³-hybridized carbons (Fsp3) is 0.435. The van der Waals surface area contributed by atoms with Crippen LogP contribution in [0.3, 0.4) is 0 Å². The highest BCUT2D eigenvalue weighted by molar-refractivity contribution is 5.96. The molecule has 1 N–H and O–H groups in total. The number of nitrogens with zero attached hydrogens (tertiary/aromatic N) is 1. The number of para-hydroxylation sites is 1. The quantitative estimate of drug-likeness (QED) is 0.748. The van der Waals surface area contributed by atoms with Gasteiger partial charge in [0.2, 0.25) is 0 Å². The van der Waals surface area contributed by atoms with Crippen LogP contribution in [0, 0.1) is 0 Å². The van der Waals surface area contributed by atoms with Crippen molar-refractivity contribution in [2.75, 3.05) is 33.4 Å². The van der Waals surface area contributed by atoms with Gasteiger partial charge < -0.3 is 14.8 Å². The van der Waals surface area contributed by atoms with E-state index < -0.39 is 0 Å². The highest BCUT2D eigenvalue weighted by atomic mass is 16.5. The average Bonchev–Trinajstić information content (AvgIpc) is 2.75. The van der Waals surface area contributed by atoms with Crippen LogP contribution in [0.15, 0.2) is 48.5 Å². The first-order chi connectivity index (χ1) is 13.7. The van der Waals surface area contributed by atoms with Gasteiger partial charge in [-0.15, -0.1) is 0 Å². The smallest absolute Gasteiger partial charge is 0.255 e. The summed E-state index contributed by atoms with van der Waals surface area (Å²) in [7, 11) is 1.59. The summed E-state index contributed by atoms with van der Waals surface area (Å²) in [6.45, 7) is 5.32. The summed E-state index contributed by atoms with van der Waals surface area (Å²) in [5.74, 6) is 1.36. The molecule has 1 heterocycles. The minimum absolute atomic E-state index is 0.106. The predicted octanol–water partition coefficient (Wildman–Crippen LogP) is 4.05. The largest absolute Gasteiger partial charge is 0.496 e. The summed E-state index contributed by atoms with van der Waals surface area (Å²) >= 11 is 0. The Labute approximate surface area is 167 Å². The highest BCUT2D eigenvalue weighted by Crippen LogP contribution is 2.26. The third kappa shape index (κ3) is 5.04. The van der Waals surface area contributed by atoms with Crippen LogP contribution in [-0.2, 0) is 0 Å². The highest BCUT2D eigenvalue weighted by Gasteiger charge is 2.23. The molecule has 1 fully saturated rings. The molecule has 1 amide bonds. The summed E-state index contributed by atoms with van der Waals surface area (Å²) in [6.07, 6.45) is 3.68. The lowest BCUT2D eigenvalue weighted by Crippen LogP contribution is -2.40. The Hall–Kier alpha value is -2.53. The van der Waals surface area contributed by atoms with Crippen LogP contribution in [0.25, 0.3) is 0 Å². The molecule has 0 aliphatic carbocycles. The maximum atomic E-state index is 12.8. The van der Waals surface area contributed by atoms with E-state index >= 15 is 0 Å². The molecule has 0 spiro atoms. The second kappa shape index (κ2) is 10.1. The maximum absolute atomic E-state index is 12.8. The number of nitrogens with one attached hydrogen (secondary N) is 1. The summed E-state index contributed by atoms with van der Waals surface area (Å²) in [4.78, 5) is 15.2. The molecule has 0 aromatic heterocycles. The van der Waals surface area contributed by atoms with E-state index in [1.165, 1.54) is 24.8 Å². The van der Waals surface area contributed by atoms with Crippen LogP contribution in [0.1, 0.15) is 48.1 Å². The molecule has 0 bridgehead atoms. The second-order valence-electron chi connectivity index (χ2n) is 7.02. The summed E-state index contributed by atoms with van der Waals surface area (Å²) in [5.41, 5.74) is 1.76. The van der Waals surface area contributed by atoms with E-state index in [0.29, 0.717) is 24.5 Å². The lowest BCUT2D eigenvalue weighted by atomic mass is 10.0. The van der Waals surface area contributed by atoms with E-state index in [0.717, 1.165) is 18.8 Å². The lowest BCUT2D eigenvalue weighted by Gasteiger charge is -2.35. The number of methoxy groups -OCH3 is 1. The van der Waals surface area contributed by atoms with E-state index in [2.05, 4.69) is 22.3 Å². The zero-order chi connectivity index (χ0) is 19.8. The van der Waals surface area contributed by atoms with Gasteiger partial charge >= 0.3 is 0 Å². The Morgan fingerprint density at radius 1 is 1.07 bits per heavy atom. The fourth-order valence-electron chi connectivity index (χ4n) is 3.76. The van der Waals surface area contributed by atoms with E-state index in [9.17, 15) is 4.79 Å². The molecule has 150 valence electrons. The number of rotatable bonds is 8. The summed E-state index contributed by atoms with van der Waals surface area (Å²) in [6, 6.07) is 15.7. The molecule has 1 aliphatic rings. The summed E-state index contributed by atoms with van der Waals surface area (Å²) < 4.78 is 10.9. The fourth-order valence-corrected chi connectivity index (χ4v) is 3.76. The number of amides is 1. The first kappa shape index (κ1) is 20.2. The van der Waals surface area contributed by atoms with Crippen LogP contribution in [0.2, 0.25) is 0 Å². The van der Waals surface area contributed by atoms with Crippen molar-refractivity contribution in [3.05, 3.63) is 59.7 Å². The van der Waals surface area contributed by atoms with Crippen molar-refractivity contribution in [3.8, 4) is 11.5 Å². The van der Waals surface area contributed by atoms with Gasteiger partial charge in [-0.1, -0.05) is 30.7 Å². The number of hydrogen-bond acceptors (Lipinski definition) is 4. The zero-order valence-corrected chi connectivity index (χ0v) is 16.8. The molecule has 28 heavy (non-hydrogen) atoms. The number of piperidine rings is 1. The third-order valence-electron chi connectivity index (χ3n) is 5.21. The van der Waals surface area contributed by atoms with Crippen molar-refractivity contribution in [1.29, 1.82) is 0 Å². The Balaban J connectivity index is 1.74. The monoisotopic (exact) mass is 382 g/mol. The van der Waals surface area contributed by atoms with Gasteiger partial charge in [0.25, 0.3) is 5.91 Å². The van der Waals surface area contributed by atoms with E-state index in [1.807, 2.05) is 37.3 Å². The van der Waals surface area contributed by atoms with E-state index in [1.54, 1.807) is 13.2 Å². The Morgan fingerprint density at radius 3 is 2.46 bits per heavy atom. The van der Waals surface area contributed by atoms with Gasteiger partial charge in [0.15, 0.2) is 0 Å². The number of carbonyl (C=O) groups excluding carboxylic acids is 1. The molecule has 1 aliphatic heterocycles. The molecule has 5 nitrogen and oxygen atoms in total. The standard InChI is InChI=1S/C23H30N2O3/c1-3-28-19-13-11-18(12-14-19)21(25-15-7-4-8-16-25)17-24-23(26)20-9-5-6-10-22(20)27-2/h5-6,9-14,21H,3-4,7-8,15-17H2,1-2H3,(H,24,26). The first-order valence-corrected chi connectivity index (χ1v) is 10.1. The van der Waals surface area contributed by atoms with Crippen LogP contribution in [0.5, 0.6) is 11.5 Å². The lowest BCUT2D eigenvalue weighted by molar-refractivity contribution is 0.0921. The maximum Gasteiger partial charge on any atom is 0.255 e. The van der Waals surface area contributed by atoms with Crippen molar-refractivity contribution in [2.24, 2.45) is 0 Å². The van der Waals surface area contributed by atoms with E-state index in [4.69, 9.17) is 9.47 Å². The van der Waals surface area contributed by atoms with E-state index in [-0.39, 0.29) is 11.9 Å². The van der Waals surface area contributed by atoms with Crippen molar-refractivity contribution in [2.45, 2.75) is 32.2 Å². The van der Waals surface area contributed by atoms with Crippen LogP contribution in [-0.4, -0.2) is 44.2 Å². The van der Waals surface area contributed by atoms with Crippen LogP contribution in [0.4, 0.5) is 0 Å². The molecule has 1 atom stereocenters. The average molecular weight is 383 g/mol. The van der Waals surface area contributed by atoms with Gasteiger partial charge in [-0.05, 0) is 62.7 Å². The molecule has 2 aromatic carbocycles. The van der Waals surface area contributed by atoms with Crippen molar-refractivity contribution >= 4 is 5.91 Å². The van der Waals surface area contributed by atoms with Crippen LogP contribution < -0.4 is 14.8 Å². The summed E-state index contributed by atoms with van der Waals surface area (Å²) in [5, 5.41) is 3.12. The normalized spacial score (nSPS) is 15.6. The molecule has 5 heteroatoms. The Morgan fingerprint density at radius 2 is 1.79 bits per heavy atom. The SMILES string of the molecule is CCOc1ccc(C(CNC(=O)c2ccccc2OC)N2CCCCC2)cc1. The minimum Gasteiger partial charge on any atom is -0.496 e. The number of benzene rings is 2. The van der Waals surface area contributed by atoms with Crippen molar-refractivity contribution in [3.63, 3.8) is 0 Å². The van der Waals surface area contributed by atoms with Crippen LogP contribution >= 0.6 is 0 Å². The van der Waals surface area contributed by atoms with Gasteiger partial charge in [0, 0.05) is 6.54 Å². The Bertz CT molecular complexity index is 755. The molecular formula is C23H30N2O3. The molecule has 0 saturated carbocycles. The van der Waals surface area contributed by atoms with Gasteiger partial charge in [-0.25, -0.2) is 0 Å². The molecule has 1 unspecified atom stereocenters. The van der Waals surface area contributed by atoms with Gasteiger partial charge in [-0.2, -0.15) is 0 Å². The van der Waals surface area contributed by atoms with Gasteiger partial charge in [-0.3, -0.25) is 9.69 Å². The molecule has 3 rings (SSSR count). The number of hydrogen-bond donors (Lipinski definition) is 1. The molecule has 1 saturated heterocycles. The second-order valence-corrected chi connectivity index (χ2v) is 7.02. The topological polar surface area (TPSA) is 50.8 Å². The third-order valence-corrected chi connectivity index (χ3v) is 5.21. The van der Waals surface area contributed by atoms with Gasteiger partial charge in [0.1, 0.15) is 11.5 Å². The zero-order valence-electron chi connectivity index (χ0n) is 16.8. The number of carbonyl (C=O) groups is 1. The first-order valence-electron chi connectivity index (χ1n) is 10.1. The molecular weight excluding hydrogens is 352 g/mol. The molecule has 0 radical (unpaired) electrons. The van der Waals surface area contributed by atoms with Crippen molar-refractivity contribution < 1.29 is 14.3 Å². The Kier molecular flexibility index (Phi) is 7.31. The van der Waals surface area contributed by atoms with Gasteiger partial charge in [0.05, 0.1) is 25.3 Å². The number of ether oxygens (including phenoxy) is 2. The predicted molar refractivity (Wildman–Crippen MR) is 111 cm³/mol. The number of likely N-dealkylation sites (tertiary alicyclic amines) is 1. The molecule has 2 aromatic rings. The minimum atomic E-state index is -0.106. The van der Waals surface area contributed by atoms with Crippen molar-refractivity contribution in [1.82, 2.24) is 10.2 Å².